The molecule has 0 fully saturated rings. The number of benzene rings is 2. The van der Waals surface area contributed by atoms with Crippen molar-refractivity contribution in [2.75, 3.05) is 26.6 Å². The molecule has 0 aliphatic rings. The minimum Gasteiger partial charge on any atom is -0.493 e. The number of nitrogens with zero attached hydrogens (tertiary/aromatic N) is 1. The van der Waals surface area contributed by atoms with Crippen molar-refractivity contribution in [3.8, 4) is 17.2 Å². The summed E-state index contributed by atoms with van der Waals surface area (Å²) in [7, 11) is 4.70. The zero-order valence-electron chi connectivity index (χ0n) is 15.5. The summed E-state index contributed by atoms with van der Waals surface area (Å²) in [6.45, 7) is 4.07. The molecule has 0 amide bonds. The van der Waals surface area contributed by atoms with Crippen molar-refractivity contribution in [1.29, 1.82) is 0 Å². The van der Waals surface area contributed by atoms with Crippen LogP contribution in [0.1, 0.15) is 16.7 Å². The fraction of sp³-hybridized carbons (Fsp3) is 0.263. The van der Waals surface area contributed by atoms with Gasteiger partial charge >= 0.3 is 0 Å². The summed E-state index contributed by atoms with van der Waals surface area (Å²) in [4.78, 5) is 0. The Morgan fingerprint density at radius 2 is 1.73 bits per heavy atom. The standard InChI is InChI=1S/C19H23N3O3S/c1-12-6-8-15(13(2)10-12)21-19(26)22-20-11-14-7-9-16(23-3)18(25-5)17(14)24-4/h6-11H,1-5H3,(H2,21,22,26)/b20-11+. The van der Waals surface area contributed by atoms with Crippen LogP contribution in [-0.4, -0.2) is 32.7 Å². The molecule has 2 N–H and O–H groups in total. The number of rotatable bonds is 6. The zero-order chi connectivity index (χ0) is 19.1. The van der Waals surface area contributed by atoms with Crippen molar-refractivity contribution >= 4 is 29.2 Å². The van der Waals surface area contributed by atoms with Crippen molar-refractivity contribution in [2.45, 2.75) is 13.8 Å². The Kier molecular flexibility index (Phi) is 6.80. The number of hydrogen-bond donors (Lipinski definition) is 2. The molecule has 2 rings (SSSR count). The first-order chi connectivity index (χ1) is 12.5. The largest absolute Gasteiger partial charge is 0.493 e. The molecule has 0 aliphatic heterocycles. The first-order valence-corrected chi connectivity index (χ1v) is 8.37. The van der Waals surface area contributed by atoms with Gasteiger partial charge in [-0.25, -0.2) is 0 Å². The van der Waals surface area contributed by atoms with Crippen molar-refractivity contribution < 1.29 is 14.2 Å². The third-order valence-electron chi connectivity index (χ3n) is 3.73. The van der Waals surface area contributed by atoms with Gasteiger partial charge in [0, 0.05) is 11.3 Å². The van der Waals surface area contributed by atoms with E-state index in [0.29, 0.717) is 22.4 Å². The van der Waals surface area contributed by atoms with Gasteiger partial charge in [0.2, 0.25) is 5.75 Å². The Morgan fingerprint density at radius 3 is 2.35 bits per heavy atom. The second-order valence-electron chi connectivity index (χ2n) is 5.57. The molecular formula is C19H23N3O3S. The number of anilines is 1. The quantitative estimate of drug-likeness (QED) is 0.458. The van der Waals surface area contributed by atoms with Gasteiger partial charge in [-0.15, -0.1) is 0 Å². The number of hydrazone groups is 1. The fourth-order valence-corrected chi connectivity index (χ4v) is 2.65. The highest BCUT2D eigenvalue weighted by Crippen LogP contribution is 2.38. The summed E-state index contributed by atoms with van der Waals surface area (Å²) in [5.41, 5.74) is 6.78. The van der Waals surface area contributed by atoms with Gasteiger partial charge in [0.15, 0.2) is 16.6 Å². The van der Waals surface area contributed by atoms with Gasteiger partial charge in [0.05, 0.1) is 27.5 Å². The molecule has 0 bridgehead atoms. The molecule has 0 saturated heterocycles. The summed E-state index contributed by atoms with van der Waals surface area (Å²) in [5, 5.41) is 7.69. The average Bonchev–Trinajstić information content (AvgIpc) is 2.63. The zero-order valence-corrected chi connectivity index (χ0v) is 16.4. The van der Waals surface area contributed by atoms with Crippen LogP contribution in [-0.2, 0) is 0 Å². The molecule has 26 heavy (non-hydrogen) atoms. The molecule has 0 aliphatic carbocycles. The second kappa shape index (κ2) is 9.05. The Labute approximate surface area is 159 Å². The van der Waals surface area contributed by atoms with Crippen LogP contribution in [0, 0.1) is 13.8 Å². The highest BCUT2D eigenvalue weighted by molar-refractivity contribution is 7.80. The SMILES string of the molecule is COc1ccc(/C=N/NC(=S)Nc2ccc(C)cc2C)c(OC)c1OC. The van der Waals surface area contributed by atoms with E-state index in [1.165, 1.54) is 5.56 Å². The molecule has 138 valence electrons. The number of methoxy groups -OCH3 is 3. The minimum absolute atomic E-state index is 0.396. The highest BCUT2D eigenvalue weighted by Gasteiger charge is 2.14. The molecule has 0 saturated carbocycles. The van der Waals surface area contributed by atoms with Gasteiger partial charge in [0.1, 0.15) is 0 Å². The molecule has 7 heteroatoms. The smallest absolute Gasteiger partial charge is 0.203 e. The Balaban J connectivity index is 2.09. The molecule has 0 atom stereocenters. The van der Waals surface area contributed by atoms with E-state index < -0.39 is 0 Å². The first-order valence-electron chi connectivity index (χ1n) is 7.96. The fourth-order valence-electron chi connectivity index (χ4n) is 2.49. The van der Waals surface area contributed by atoms with Crippen LogP contribution in [0.5, 0.6) is 17.2 Å². The van der Waals surface area contributed by atoms with Gasteiger partial charge in [-0.3, -0.25) is 5.43 Å². The number of aryl methyl sites for hydroxylation is 2. The van der Waals surface area contributed by atoms with Crippen molar-refractivity contribution in [3.63, 3.8) is 0 Å². The van der Waals surface area contributed by atoms with Gasteiger partial charge in [-0.1, -0.05) is 17.7 Å². The minimum atomic E-state index is 0.396. The normalized spacial score (nSPS) is 10.5. The number of ether oxygens (including phenoxy) is 3. The Morgan fingerprint density at radius 1 is 1.00 bits per heavy atom. The van der Waals surface area contributed by atoms with Crippen LogP contribution in [0.25, 0.3) is 0 Å². The maximum Gasteiger partial charge on any atom is 0.203 e. The Hall–Kier alpha value is -2.80. The molecule has 0 aromatic heterocycles. The van der Waals surface area contributed by atoms with Crippen LogP contribution in [0.3, 0.4) is 0 Å². The lowest BCUT2D eigenvalue weighted by Crippen LogP contribution is -2.24. The summed E-state index contributed by atoms with van der Waals surface area (Å²) in [6, 6.07) is 9.71. The first kappa shape index (κ1) is 19.5. The van der Waals surface area contributed by atoms with Crippen molar-refractivity contribution in [1.82, 2.24) is 5.43 Å². The average molecular weight is 373 g/mol. The van der Waals surface area contributed by atoms with E-state index in [1.807, 2.05) is 32.0 Å². The van der Waals surface area contributed by atoms with E-state index in [1.54, 1.807) is 33.6 Å². The molecule has 0 radical (unpaired) electrons. The van der Waals surface area contributed by atoms with Crippen LogP contribution in [0.4, 0.5) is 5.69 Å². The molecule has 6 nitrogen and oxygen atoms in total. The number of thiocarbonyl (C=S) groups is 1. The van der Waals surface area contributed by atoms with E-state index in [0.717, 1.165) is 16.8 Å². The lowest BCUT2D eigenvalue weighted by molar-refractivity contribution is 0.324. The summed E-state index contributed by atoms with van der Waals surface area (Å²) in [5.74, 6) is 1.63. The molecule has 2 aromatic carbocycles. The van der Waals surface area contributed by atoms with Crippen LogP contribution in [0.2, 0.25) is 0 Å². The van der Waals surface area contributed by atoms with Gasteiger partial charge in [0.25, 0.3) is 0 Å². The number of nitrogens with one attached hydrogen (secondary N) is 2. The maximum atomic E-state index is 5.42. The summed E-state index contributed by atoms with van der Waals surface area (Å²) < 4.78 is 16.0. The van der Waals surface area contributed by atoms with Gasteiger partial charge in [-0.05, 0) is 49.8 Å². The van der Waals surface area contributed by atoms with Crippen LogP contribution < -0.4 is 25.0 Å². The Bertz CT molecular complexity index is 822. The van der Waals surface area contributed by atoms with Gasteiger partial charge in [-0.2, -0.15) is 5.10 Å². The van der Waals surface area contributed by atoms with Crippen LogP contribution >= 0.6 is 12.2 Å². The van der Waals surface area contributed by atoms with Crippen molar-refractivity contribution in [3.05, 3.63) is 47.0 Å². The van der Waals surface area contributed by atoms with E-state index in [-0.39, 0.29) is 0 Å². The third kappa shape index (κ3) is 4.64. The van der Waals surface area contributed by atoms with Gasteiger partial charge < -0.3 is 19.5 Å². The lowest BCUT2D eigenvalue weighted by atomic mass is 10.1. The van der Waals surface area contributed by atoms with E-state index in [4.69, 9.17) is 26.4 Å². The third-order valence-corrected chi connectivity index (χ3v) is 3.93. The molecule has 0 heterocycles. The number of hydrogen-bond acceptors (Lipinski definition) is 5. The highest BCUT2D eigenvalue weighted by atomic mass is 32.1. The maximum absolute atomic E-state index is 5.42. The molecule has 2 aromatic rings. The van der Waals surface area contributed by atoms with E-state index in [2.05, 4.69) is 21.9 Å². The molecule has 0 unspecified atom stereocenters. The monoisotopic (exact) mass is 373 g/mol. The van der Waals surface area contributed by atoms with Crippen molar-refractivity contribution in [2.24, 2.45) is 5.10 Å². The summed E-state index contributed by atoms with van der Waals surface area (Å²) >= 11 is 5.28. The predicted octanol–water partition coefficient (Wildman–Crippen LogP) is 3.65. The van der Waals surface area contributed by atoms with E-state index in [9.17, 15) is 0 Å². The molecule has 0 spiro atoms. The van der Waals surface area contributed by atoms with E-state index >= 15 is 0 Å². The second-order valence-corrected chi connectivity index (χ2v) is 5.97. The summed E-state index contributed by atoms with van der Waals surface area (Å²) in [6.07, 6.45) is 1.61. The predicted molar refractivity (Wildman–Crippen MR) is 109 cm³/mol. The molecular weight excluding hydrogens is 350 g/mol. The topological polar surface area (TPSA) is 64.1 Å². The van der Waals surface area contributed by atoms with Crippen LogP contribution in [0.15, 0.2) is 35.4 Å². The lowest BCUT2D eigenvalue weighted by Gasteiger charge is -2.14.